The molecule has 8 nitrogen and oxygen atoms in total. The second kappa shape index (κ2) is 9.48. The van der Waals surface area contributed by atoms with Crippen LogP contribution < -0.4 is 20.5 Å². The normalized spacial score (nSPS) is 14.2. The molecule has 0 atom stereocenters. The molecular weight excluding hydrogens is 386 g/mol. The number of anilines is 1. The Morgan fingerprint density at radius 1 is 1.18 bits per heavy atom. The number of hydrogen-bond acceptors (Lipinski definition) is 6. The van der Waals surface area contributed by atoms with Crippen molar-refractivity contribution in [2.45, 2.75) is 18.9 Å². The monoisotopic (exact) mass is 409 g/mol. The first-order valence-corrected chi connectivity index (χ1v) is 8.69. The Balaban J connectivity index is 0.00000280. The second-order valence-electron chi connectivity index (χ2n) is 6.31. The largest absolute Gasteiger partial charge is 0.493 e. The molecule has 1 aromatic heterocycles. The zero-order chi connectivity index (χ0) is 19.4. The molecule has 1 aliphatic rings. The highest BCUT2D eigenvalue weighted by molar-refractivity contribution is 6.08. The summed E-state index contributed by atoms with van der Waals surface area (Å²) < 4.78 is 15.7. The quantitative estimate of drug-likeness (QED) is 0.785. The van der Waals surface area contributed by atoms with Crippen molar-refractivity contribution in [2.24, 2.45) is 5.73 Å². The molecule has 0 saturated carbocycles. The molecule has 0 bridgehead atoms. The number of rotatable bonds is 5. The number of methoxy groups -OCH3 is 2. The smallest absolute Gasteiger partial charge is 0.291 e. The van der Waals surface area contributed by atoms with E-state index in [9.17, 15) is 9.59 Å². The molecule has 3 rings (SSSR count). The summed E-state index contributed by atoms with van der Waals surface area (Å²) in [6, 6.07) is 6.42. The first-order chi connectivity index (χ1) is 13.0. The number of furan rings is 1. The van der Waals surface area contributed by atoms with Gasteiger partial charge in [0.05, 0.1) is 31.7 Å². The molecule has 0 unspecified atom stereocenters. The van der Waals surface area contributed by atoms with E-state index in [0.717, 1.165) is 12.8 Å². The van der Waals surface area contributed by atoms with Gasteiger partial charge in [0.25, 0.3) is 11.8 Å². The van der Waals surface area contributed by atoms with Gasteiger partial charge in [-0.15, -0.1) is 12.4 Å². The molecule has 28 heavy (non-hydrogen) atoms. The highest BCUT2D eigenvalue weighted by Gasteiger charge is 2.26. The summed E-state index contributed by atoms with van der Waals surface area (Å²) in [6.45, 7) is 1.14. The fourth-order valence-electron chi connectivity index (χ4n) is 3.02. The van der Waals surface area contributed by atoms with E-state index in [0.29, 0.717) is 35.8 Å². The van der Waals surface area contributed by atoms with Gasteiger partial charge in [0.1, 0.15) is 0 Å². The van der Waals surface area contributed by atoms with Gasteiger partial charge < -0.3 is 29.8 Å². The van der Waals surface area contributed by atoms with Crippen LogP contribution in [-0.4, -0.2) is 50.1 Å². The SMILES string of the molecule is COc1cc(NC(=O)c2ccco2)c(C(=O)N2CCC(N)CC2)cc1OC.Cl. The number of nitrogens with one attached hydrogen (secondary N) is 1. The third kappa shape index (κ3) is 4.58. The van der Waals surface area contributed by atoms with Crippen molar-refractivity contribution < 1.29 is 23.5 Å². The van der Waals surface area contributed by atoms with Gasteiger partial charge >= 0.3 is 0 Å². The third-order valence-corrected chi connectivity index (χ3v) is 4.57. The summed E-state index contributed by atoms with van der Waals surface area (Å²) in [4.78, 5) is 27.2. The average molecular weight is 410 g/mol. The number of carbonyl (C=O) groups is 2. The number of halogens is 1. The fraction of sp³-hybridized carbons (Fsp3) is 0.368. The predicted octanol–water partition coefficient (Wildman–Crippen LogP) is 2.53. The van der Waals surface area contributed by atoms with Crippen molar-refractivity contribution in [3.05, 3.63) is 41.9 Å². The van der Waals surface area contributed by atoms with Crippen molar-refractivity contribution in [1.29, 1.82) is 0 Å². The molecule has 1 aliphatic heterocycles. The molecule has 0 radical (unpaired) electrons. The number of piperidine rings is 1. The summed E-state index contributed by atoms with van der Waals surface area (Å²) in [5.41, 5.74) is 6.58. The van der Waals surface area contributed by atoms with Gasteiger partial charge in [-0.2, -0.15) is 0 Å². The van der Waals surface area contributed by atoms with Crippen molar-refractivity contribution in [3.63, 3.8) is 0 Å². The van der Waals surface area contributed by atoms with Crippen LogP contribution in [0.5, 0.6) is 11.5 Å². The number of ether oxygens (including phenoxy) is 2. The number of benzene rings is 1. The molecule has 1 aromatic carbocycles. The molecule has 1 saturated heterocycles. The molecule has 9 heteroatoms. The Bertz CT molecular complexity index is 817. The van der Waals surface area contributed by atoms with E-state index in [1.807, 2.05) is 0 Å². The van der Waals surface area contributed by atoms with Crippen LogP contribution in [0.4, 0.5) is 5.69 Å². The summed E-state index contributed by atoms with van der Waals surface area (Å²) in [5.74, 6) is 0.307. The maximum absolute atomic E-state index is 13.1. The molecule has 0 aliphatic carbocycles. The van der Waals surface area contributed by atoms with E-state index in [2.05, 4.69) is 5.32 Å². The summed E-state index contributed by atoms with van der Waals surface area (Å²) in [7, 11) is 2.98. The van der Waals surface area contributed by atoms with Crippen LogP contribution in [0.1, 0.15) is 33.8 Å². The van der Waals surface area contributed by atoms with Crippen LogP contribution in [-0.2, 0) is 0 Å². The molecule has 2 amide bonds. The number of nitrogens with two attached hydrogens (primary N) is 1. The minimum absolute atomic E-state index is 0. The molecule has 2 heterocycles. The minimum Gasteiger partial charge on any atom is -0.493 e. The minimum atomic E-state index is -0.457. The Hall–Kier alpha value is -2.71. The lowest BCUT2D eigenvalue weighted by atomic mass is 10.0. The van der Waals surface area contributed by atoms with E-state index in [1.54, 1.807) is 29.2 Å². The highest BCUT2D eigenvalue weighted by Crippen LogP contribution is 2.34. The van der Waals surface area contributed by atoms with Gasteiger partial charge in [-0.05, 0) is 31.0 Å². The maximum atomic E-state index is 13.1. The van der Waals surface area contributed by atoms with Gasteiger partial charge in [-0.25, -0.2) is 0 Å². The van der Waals surface area contributed by atoms with Gasteiger partial charge in [-0.3, -0.25) is 9.59 Å². The van der Waals surface area contributed by atoms with Crippen LogP contribution in [0.15, 0.2) is 34.9 Å². The van der Waals surface area contributed by atoms with E-state index in [-0.39, 0.29) is 30.1 Å². The molecular formula is C19H24ClN3O5. The first kappa shape index (κ1) is 21.6. The molecule has 1 fully saturated rings. The van der Waals surface area contributed by atoms with Crippen LogP contribution in [0.3, 0.4) is 0 Å². The van der Waals surface area contributed by atoms with E-state index >= 15 is 0 Å². The van der Waals surface area contributed by atoms with Gasteiger partial charge in [0.15, 0.2) is 17.3 Å². The van der Waals surface area contributed by atoms with Crippen LogP contribution in [0.25, 0.3) is 0 Å². The van der Waals surface area contributed by atoms with Crippen molar-refractivity contribution in [3.8, 4) is 11.5 Å². The van der Waals surface area contributed by atoms with Crippen molar-refractivity contribution in [1.82, 2.24) is 4.90 Å². The van der Waals surface area contributed by atoms with Gasteiger partial charge in [0.2, 0.25) is 0 Å². The number of likely N-dealkylation sites (tertiary alicyclic amines) is 1. The van der Waals surface area contributed by atoms with E-state index in [1.165, 1.54) is 20.5 Å². The molecule has 2 aromatic rings. The van der Waals surface area contributed by atoms with Crippen molar-refractivity contribution >= 4 is 29.9 Å². The summed E-state index contributed by atoms with van der Waals surface area (Å²) >= 11 is 0. The van der Waals surface area contributed by atoms with E-state index in [4.69, 9.17) is 19.6 Å². The van der Waals surface area contributed by atoms with Crippen LogP contribution in [0.2, 0.25) is 0 Å². The Morgan fingerprint density at radius 2 is 1.82 bits per heavy atom. The zero-order valence-electron chi connectivity index (χ0n) is 15.8. The third-order valence-electron chi connectivity index (χ3n) is 4.57. The lowest BCUT2D eigenvalue weighted by molar-refractivity contribution is 0.0715. The average Bonchev–Trinajstić information content (AvgIpc) is 3.22. The van der Waals surface area contributed by atoms with Gasteiger partial charge in [0, 0.05) is 25.2 Å². The Kier molecular flexibility index (Phi) is 7.31. The second-order valence-corrected chi connectivity index (χ2v) is 6.31. The number of hydrogen-bond donors (Lipinski definition) is 2. The van der Waals surface area contributed by atoms with Crippen molar-refractivity contribution in [2.75, 3.05) is 32.6 Å². The fourth-order valence-corrected chi connectivity index (χ4v) is 3.02. The topological polar surface area (TPSA) is 107 Å². The zero-order valence-corrected chi connectivity index (χ0v) is 16.6. The lowest BCUT2D eigenvalue weighted by Crippen LogP contribution is -2.43. The molecule has 3 N–H and O–H groups in total. The number of amides is 2. The lowest BCUT2D eigenvalue weighted by Gasteiger charge is -2.31. The van der Waals surface area contributed by atoms with Crippen LogP contribution in [0, 0.1) is 0 Å². The standard InChI is InChI=1S/C19H23N3O5.ClH/c1-25-16-10-13(19(24)22-7-5-12(20)6-8-22)14(11-17(16)26-2)21-18(23)15-4-3-9-27-15;/h3-4,9-12H,5-8,20H2,1-2H3,(H,21,23);1H. The Morgan fingerprint density at radius 3 is 2.39 bits per heavy atom. The van der Waals surface area contributed by atoms with E-state index < -0.39 is 5.91 Å². The molecule has 152 valence electrons. The first-order valence-electron chi connectivity index (χ1n) is 8.69. The van der Waals surface area contributed by atoms with Crippen LogP contribution >= 0.6 is 12.4 Å². The highest BCUT2D eigenvalue weighted by atomic mass is 35.5. The van der Waals surface area contributed by atoms with Gasteiger partial charge in [-0.1, -0.05) is 0 Å². The molecule has 0 spiro atoms. The number of nitrogens with zero attached hydrogens (tertiary/aromatic N) is 1. The Labute approximate surface area is 169 Å². The summed E-state index contributed by atoms with van der Waals surface area (Å²) in [5, 5.41) is 2.73. The summed E-state index contributed by atoms with van der Waals surface area (Å²) in [6.07, 6.45) is 2.90. The maximum Gasteiger partial charge on any atom is 0.291 e. The number of carbonyl (C=O) groups excluding carboxylic acids is 2. The predicted molar refractivity (Wildman–Crippen MR) is 107 cm³/mol.